The molecule has 24 heavy (non-hydrogen) atoms. The van der Waals surface area contributed by atoms with Crippen LogP contribution < -0.4 is 4.72 Å². The van der Waals surface area contributed by atoms with Gasteiger partial charge in [0.15, 0.2) is 0 Å². The van der Waals surface area contributed by atoms with Crippen LogP contribution in [0.15, 0.2) is 47.4 Å². The lowest BCUT2D eigenvalue weighted by Crippen LogP contribution is -2.16. The molecule has 0 radical (unpaired) electrons. The Kier molecular flexibility index (Phi) is 5.51. The molecule has 0 aliphatic rings. The van der Waals surface area contributed by atoms with E-state index in [-0.39, 0.29) is 21.4 Å². The van der Waals surface area contributed by atoms with Gasteiger partial charge >= 0.3 is 5.97 Å². The summed E-state index contributed by atoms with van der Waals surface area (Å²) in [6.45, 7) is 3.94. The zero-order chi connectivity index (χ0) is 17.9. The molecule has 7 heteroatoms. The Hall–Kier alpha value is -2.05. The van der Waals surface area contributed by atoms with Crippen LogP contribution in [0, 0.1) is 0 Å². The van der Waals surface area contributed by atoms with Crippen LogP contribution in [0.4, 0.5) is 5.69 Å². The molecular weight excluding hydrogens is 350 g/mol. The number of sulfonamides is 1. The SMILES string of the molecule is COC(=O)c1ccc(Cl)c(S(=O)(=O)Nc2ccccc2C(C)C)c1. The van der Waals surface area contributed by atoms with Crippen LogP contribution in [-0.2, 0) is 14.8 Å². The first-order chi connectivity index (χ1) is 11.3. The average Bonchev–Trinajstić information content (AvgIpc) is 2.54. The highest BCUT2D eigenvalue weighted by Gasteiger charge is 2.22. The van der Waals surface area contributed by atoms with Crippen LogP contribution in [0.5, 0.6) is 0 Å². The number of benzene rings is 2. The predicted molar refractivity (Wildman–Crippen MR) is 94.1 cm³/mol. The molecule has 0 aliphatic heterocycles. The minimum atomic E-state index is -3.95. The molecule has 0 heterocycles. The first-order valence-corrected chi connectivity index (χ1v) is 9.12. The van der Waals surface area contributed by atoms with Crippen molar-refractivity contribution in [1.29, 1.82) is 0 Å². The number of methoxy groups -OCH3 is 1. The van der Waals surface area contributed by atoms with Crippen LogP contribution in [0.3, 0.4) is 0 Å². The quantitative estimate of drug-likeness (QED) is 0.809. The van der Waals surface area contributed by atoms with Crippen LogP contribution in [0.1, 0.15) is 35.7 Å². The monoisotopic (exact) mass is 367 g/mol. The molecule has 0 spiro atoms. The lowest BCUT2D eigenvalue weighted by Gasteiger charge is -2.15. The highest BCUT2D eigenvalue weighted by molar-refractivity contribution is 7.92. The van der Waals surface area contributed by atoms with Crippen molar-refractivity contribution in [2.24, 2.45) is 0 Å². The molecule has 2 aromatic rings. The van der Waals surface area contributed by atoms with Crippen LogP contribution in [0.2, 0.25) is 5.02 Å². The Morgan fingerprint density at radius 2 is 1.83 bits per heavy atom. The molecule has 0 bridgehead atoms. The first kappa shape index (κ1) is 18.3. The molecule has 2 rings (SSSR count). The Morgan fingerprint density at radius 3 is 2.46 bits per heavy atom. The number of anilines is 1. The molecule has 0 saturated heterocycles. The molecular formula is C17H18ClNO4S. The zero-order valence-electron chi connectivity index (χ0n) is 13.5. The summed E-state index contributed by atoms with van der Waals surface area (Å²) in [7, 11) is -2.73. The number of halogens is 1. The van der Waals surface area contributed by atoms with Gasteiger partial charge in [0.2, 0.25) is 0 Å². The Labute approximate surface area is 146 Å². The molecule has 0 aromatic heterocycles. The van der Waals surface area contributed by atoms with E-state index in [9.17, 15) is 13.2 Å². The summed E-state index contributed by atoms with van der Waals surface area (Å²) >= 11 is 6.03. The normalized spacial score (nSPS) is 11.4. The van der Waals surface area contributed by atoms with E-state index in [0.717, 1.165) is 5.56 Å². The minimum absolute atomic E-state index is 0.0252. The number of esters is 1. The Balaban J connectivity index is 2.47. The standard InChI is InChI=1S/C17H18ClNO4S/c1-11(2)13-6-4-5-7-15(13)19-24(21,22)16-10-12(17(20)23-3)8-9-14(16)18/h4-11,19H,1-3H3. The summed E-state index contributed by atoms with van der Waals surface area (Å²) < 4.78 is 32.6. The van der Waals surface area contributed by atoms with Crippen molar-refractivity contribution in [3.8, 4) is 0 Å². The molecule has 2 aromatic carbocycles. The molecule has 0 fully saturated rings. The average molecular weight is 368 g/mol. The molecule has 0 atom stereocenters. The van der Waals surface area contributed by atoms with Gasteiger partial charge in [0.1, 0.15) is 4.90 Å². The largest absolute Gasteiger partial charge is 0.465 e. The van der Waals surface area contributed by atoms with E-state index in [1.807, 2.05) is 26.0 Å². The van der Waals surface area contributed by atoms with Crippen LogP contribution in [-0.4, -0.2) is 21.5 Å². The lowest BCUT2D eigenvalue weighted by molar-refractivity contribution is 0.0600. The summed E-state index contributed by atoms with van der Waals surface area (Å²) in [6, 6.07) is 11.1. The van der Waals surface area contributed by atoms with Gasteiger partial charge in [-0.05, 0) is 35.7 Å². The first-order valence-electron chi connectivity index (χ1n) is 7.26. The smallest absolute Gasteiger partial charge is 0.337 e. The number of ether oxygens (including phenoxy) is 1. The molecule has 128 valence electrons. The van der Waals surface area contributed by atoms with Crippen LogP contribution >= 0.6 is 11.6 Å². The molecule has 0 saturated carbocycles. The summed E-state index contributed by atoms with van der Waals surface area (Å²) in [6.07, 6.45) is 0. The van der Waals surface area contributed by atoms with Gasteiger partial charge in [-0.1, -0.05) is 43.6 Å². The van der Waals surface area contributed by atoms with Gasteiger partial charge < -0.3 is 4.74 Å². The van der Waals surface area contributed by atoms with E-state index in [1.165, 1.54) is 25.3 Å². The minimum Gasteiger partial charge on any atom is -0.465 e. The Bertz CT molecular complexity index is 863. The fourth-order valence-electron chi connectivity index (χ4n) is 2.25. The maximum atomic E-state index is 12.7. The number of nitrogens with one attached hydrogen (secondary N) is 1. The number of rotatable bonds is 5. The van der Waals surface area contributed by atoms with Crippen molar-refractivity contribution < 1.29 is 17.9 Å². The summed E-state index contributed by atoms with van der Waals surface area (Å²) in [4.78, 5) is 11.4. The Morgan fingerprint density at radius 1 is 1.17 bits per heavy atom. The van der Waals surface area contributed by atoms with Gasteiger partial charge in [0, 0.05) is 0 Å². The zero-order valence-corrected chi connectivity index (χ0v) is 15.1. The van der Waals surface area contributed by atoms with Gasteiger partial charge in [0.25, 0.3) is 10.0 Å². The van der Waals surface area contributed by atoms with Crippen molar-refractivity contribution in [1.82, 2.24) is 0 Å². The second-order valence-corrected chi connectivity index (χ2v) is 7.54. The molecule has 0 aliphatic carbocycles. The summed E-state index contributed by atoms with van der Waals surface area (Å²) in [5.74, 6) is -0.494. The number of para-hydroxylation sites is 1. The summed E-state index contributed by atoms with van der Waals surface area (Å²) in [5.41, 5.74) is 1.45. The molecule has 0 amide bonds. The van der Waals surface area contributed by atoms with Gasteiger partial charge in [-0.2, -0.15) is 0 Å². The van der Waals surface area contributed by atoms with E-state index < -0.39 is 16.0 Å². The summed E-state index contributed by atoms with van der Waals surface area (Å²) in [5, 5.41) is 0.0252. The second-order valence-electron chi connectivity index (χ2n) is 5.48. The van der Waals surface area contributed by atoms with Gasteiger partial charge in [-0.3, -0.25) is 4.72 Å². The molecule has 5 nitrogen and oxygen atoms in total. The van der Waals surface area contributed by atoms with Crippen LogP contribution in [0.25, 0.3) is 0 Å². The van der Waals surface area contributed by atoms with Crippen molar-refractivity contribution in [2.45, 2.75) is 24.7 Å². The van der Waals surface area contributed by atoms with Crippen molar-refractivity contribution >= 4 is 33.3 Å². The number of carbonyl (C=O) groups excluding carboxylic acids is 1. The van der Waals surface area contributed by atoms with E-state index in [1.54, 1.807) is 12.1 Å². The number of hydrogen-bond acceptors (Lipinski definition) is 4. The highest BCUT2D eigenvalue weighted by atomic mass is 35.5. The van der Waals surface area contributed by atoms with Crippen molar-refractivity contribution in [3.05, 3.63) is 58.6 Å². The van der Waals surface area contributed by atoms with Gasteiger partial charge in [0.05, 0.1) is 23.4 Å². The third-order valence-corrected chi connectivity index (χ3v) is 5.32. The van der Waals surface area contributed by atoms with E-state index in [4.69, 9.17) is 11.6 Å². The fraction of sp³-hybridized carbons (Fsp3) is 0.235. The lowest BCUT2D eigenvalue weighted by atomic mass is 10.0. The van der Waals surface area contributed by atoms with E-state index in [2.05, 4.69) is 9.46 Å². The van der Waals surface area contributed by atoms with Gasteiger partial charge in [-0.15, -0.1) is 0 Å². The maximum absolute atomic E-state index is 12.7. The number of hydrogen-bond donors (Lipinski definition) is 1. The van der Waals surface area contributed by atoms with E-state index >= 15 is 0 Å². The topological polar surface area (TPSA) is 72.5 Å². The van der Waals surface area contributed by atoms with Crippen molar-refractivity contribution in [2.75, 3.05) is 11.8 Å². The molecule has 1 N–H and O–H groups in total. The number of carbonyl (C=O) groups is 1. The fourth-order valence-corrected chi connectivity index (χ4v) is 3.86. The van der Waals surface area contributed by atoms with Gasteiger partial charge in [-0.25, -0.2) is 13.2 Å². The third kappa shape index (κ3) is 3.88. The predicted octanol–water partition coefficient (Wildman–Crippen LogP) is 4.05. The third-order valence-electron chi connectivity index (χ3n) is 3.47. The van der Waals surface area contributed by atoms with E-state index in [0.29, 0.717) is 5.69 Å². The van der Waals surface area contributed by atoms with Crippen molar-refractivity contribution in [3.63, 3.8) is 0 Å². The second kappa shape index (κ2) is 7.23. The molecule has 0 unspecified atom stereocenters. The maximum Gasteiger partial charge on any atom is 0.337 e. The highest BCUT2D eigenvalue weighted by Crippen LogP contribution is 2.29.